The molecule has 0 heterocycles. The van der Waals surface area contributed by atoms with Crippen molar-refractivity contribution in [1.82, 2.24) is 0 Å². The Balaban J connectivity index is 2.20. The fourth-order valence-electron chi connectivity index (χ4n) is 1.98. The molecule has 1 N–H and O–H groups in total. The molecule has 0 aliphatic heterocycles. The molecule has 3 nitrogen and oxygen atoms in total. The quantitative estimate of drug-likeness (QED) is 0.884. The van der Waals surface area contributed by atoms with Crippen molar-refractivity contribution in [3.05, 3.63) is 58.1 Å². The van der Waals surface area contributed by atoms with E-state index in [-0.39, 0.29) is 6.04 Å². The van der Waals surface area contributed by atoms with Gasteiger partial charge in [-0.1, -0.05) is 35.3 Å². The summed E-state index contributed by atoms with van der Waals surface area (Å²) in [5, 5.41) is 4.30. The first kappa shape index (κ1) is 16.1. The second kappa shape index (κ2) is 6.26. The minimum Gasteiger partial charge on any atom is -0.378 e. The number of sulfone groups is 1. The van der Waals surface area contributed by atoms with Crippen LogP contribution in [0.3, 0.4) is 0 Å². The normalized spacial score (nSPS) is 13.0. The smallest absolute Gasteiger partial charge is 0.175 e. The highest BCUT2D eigenvalue weighted by molar-refractivity contribution is 7.90. The first-order valence-corrected chi connectivity index (χ1v) is 8.94. The Morgan fingerprint density at radius 3 is 2.24 bits per heavy atom. The molecule has 2 aromatic rings. The Bertz CT molecular complexity index is 743. The number of hydrogen-bond donors (Lipinski definition) is 1. The van der Waals surface area contributed by atoms with E-state index in [0.717, 1.165) is 11.3 Å². The summed E-state index contributed by atoms with van der Waals surface area (Å²) in [6.07, 6.45) is 1.18. The Hall–Kier alpha value is -1.23. The number of anilines is 1. The molecular formula is C15H15Cl2NO2S. The molecule has 0 aliphatic carbocycles. The second-order valence-electron chi connectivity index (χ2n) is 4.81. The molecule has 0 fully saturated rings. The standard InChI is InChI=1S/C15H15Cl2NO2S/c1-10(13-4-3-5-14(16)15(13)17)18-11-6-8-12(9-7-11)21(2,19)20/h3-10,18H,1-2H3. The average molecular weight is 344 g/mol. The van der Waals surface area contributed by atoms with Gasteiger partial charge in [0, 0.05) is 11.9 Å². The Morgan fingerprint density at radius 2 is 1.67 bits per heavy atom. The minimum atomic E-state index is -3.18. The molecule has 0 saturated carbocycles. The van der Waals surface area contributed by atoms with Crippen LogP contribution in [-0.2, 0) is 9.84 Å². The zero-order valence-electron chi connectivity index (χ0n) is 11.6. The van der Waals surface area contributed by atoms with Gasteiger partial charge in [-0.2, -0.15) is 0 Å². The molecule has 0 bridgehead atoms. The first-order chi connectivity index (χ1) is 9.79. The third-order valence-corrected chi connectivity index (χ3v) is 5.08. The van der Waals surface area contributed by atoms with Crippen molar-refractivity contribution >= 4 is 38.7 Å². The van der Waals surface area contributed by atoms with Crippen LogP contribution >= 0.6 is 23.2 Å². The van der Waals surface area contributed by atoms with Crippen LogP contribution in [0.2, 0.25) is 10.0 Å². The van der Waals surface area contributed by atoms with E-state index in [0.29, 0.717) is 14.9 Å². The molecule has 1 atom stereocenters. The topological polar surface area (TPSA) is 46.2 Å². The van der Waals surface area contributed by atoms with Crippen LogP contribution < -0.4 is 5.32 Å². The predicted molar refractivity (Wildman–Crippen MR) is 88.1 cm³/mol. The first-order valence-electron chi connectivity index (χ1n) is 6.29. The predicted octanol–water partition coefficient (Wildman–Crippen LogP) is 4.57. The molecular weight excluding hydrogens is 329 g/mol. The second-order valence-corrected chi connectivity index (χ2v) is 7.61. The Labute approximate surface area is 134 Å². The van der Waals surface area contributed by atoms with Crippen molar-refractivity contribution < 1.29 is 8.42 Å². The monoisotopic (exact) mass is 343 g/mol. The van der Waals surface area contributed by atoms with Gasteiger partial charge in [-0.15, -0.1) is 0 Å². The van der Waals surface area contributed by atoms with Crippen molar-refractivity contribution in [2.45, 2.75) is 17.9 Å². The molecule has 0 spiro atoms. The van der Waals surface area contributed by atoms with E-state index in [2.05, 4.69) is 5.32 Å². The number of hydrogen-bond acceptors (Lipinski definition) is 3. The van der Waals surface area contributed by atoms with Gasteiger partial charge in [-0.3, -0.25) is 0 Å². The SMILES string of the molecule is CC(Nc1ccc(S(C)(=O)=O)cc1)c1cccc(Cl)c1Cl. The zero-order chi connectivity index (χ0) is 15.6. The van der Waals surface area contributed by atoms with E-state index < -0.39 is 9.84 Å². The summed E-state index contributed by atoms with van der Waals surface area (Å²) in [4.78, 5) is 0.293. The maximum atomic E-state index is 11.4. The summed E-state index contributed by atoms with van der Waals surface area (Å²) in [6, 6.07) is 12.0. The fourth-order valence-corrected chi connectivity index (χ4v) is 3.08. The van der Waals surface area contributed by atoms with Crippen LogP contribution in [0.1, 0.15) is 18.5 Å². The van der Waals surface area contributed by atoms with Gasteiger partial charge in [0.15, 0.2) is 9.84 Å². The molecule has 2 aromatic carbocycles. The Morgan fingerprint density at radius 1 is 1.05 bits per heavy atom. The van der Waals surface area contributed by atoms with E-state index in [4.69, 9.17) is 23.2 Å². The lowest BCUT2D eigenvalue weighted by Gasteiger charge is -2.17. The van der Waals surface area contributed by atoms with Gasteiger partial charge in [-0.05, 0) is 42.8 Å². The fraction of sp³-hybridized carbons (Fsp3) is 0.200. The lowest BCUT2D eigenvalue weighted by molar-refractivity contribution is 0.602. The summed E-state index contributed by atoms with van der Waals surface area (Å²) in [5.74, 6) is 0. The van der Waals surface area contributed by atoms with Gasteiger partial charge >= 0.3 is 0 Å². The zero-order valence-corrected chi connectivity index (χ0v) is 13.9. The van der Waals surface area contributed by atoms with E-state index >= 15 is 0 Å². The van der Waals surface area contributed by atoms with Crippen molar-refractivity contribution in [1.29, 1.82) is 0 Å². The summed E-state index contributed by atoms with van der Waals surface area (Å²) < 4.78 is 22.8. The number of benzene rings is 2. The molecule has 0 aliphatic rings. The minimum absolute atomic E-state index is 0.0553. The average Bonchev–Trinajstić information content (AvgIpc) is 2.41. The highest BCUT2D eigenvalue weighted by atomic mass is 35.5. The van der Waals surface area contributed by atoms with Gasteiger partial charge in [0.2, 0.25) is 0 Å². The third kappa shape index (κ3) is 3.90. The van der Waals surface area contributed by atoms with Crippen molar-refractivity contribution in [2.75, 3.05) is 11.6 Å². The largest absolute Gasteiger partial charge is 0.378 e. The molecule has 0 saturated heterocycles. The molecule has 6 heteroatoms. The third-order valence-electron chi connectivity index (χ3n) is 3.11. The van der Waals surface area contributed by atoms with Crippen LogP contribution in [0, 0.1) is 0 Å². The Kier molecular flexibility index (Phi) is 4.81. The van der Waals surface area contributed by atoms with Crippen LogP contribution in [0.5, 0.6) is 0 Å². The lowest BCUT2D eigenvalue weighted by Crippen LogP contribution is -2.07. The van der Waals surface area contributed by atoms with Gasteiger partial charge < -0.3 is 5.32 Å². The van der Waals surface area contributed by atoms with E-state index in [1.165, 1.54) is 6.26 Å². The highest BCUT2D eigenvalue weighted by Crippen LogP contribution is 2.31. The van der Waals surface area contributed by atoms with Crippen LogP contribution in [0.25, 0.3) is 0 Å². The number of rotatable bonds is 4. The molecule has 2 rings (SSSR count). The van der Waals surface area contributed by atoms with Gasteiger partial charge in [0.25, 0.3) is 0 Å². The number of halogens is 2. The summed E-state index contributed by atoms with van der Waals surface area (Å²) in [6.45, 7) is 1.96. The highest BCUT2D eigenvalue weighted by Gasteiger charge is 2.12. The number of nitrogens with one attached hydrogen (secondary N) is 1. The van der Waals surface area contributed by atoms with Crippen molar-refractivity contribution in [2.24, 2.45) is 0 Å². The maximum Gasteiger partial charge on any atom is 0.175 e. The summed E-state index contributed by atoms with van der Waals surface area (Å²) in [7, 11) is -3.18. The van der Waals surface area contributed by atoms with Gasteiger partial charge in [0.05, 0.1) is 21.0 Å². The van der Waals surface area contributed by atoms with Crippen LogP contribution in [-0.4, -0.2) is 14.7 Å². The van der Waals surface area contributed by atoms with Crippen LogP contribution in [0.15, 0.2) is 47.4 Å². The van der Waals surface area contributed by atoms with Crippen molar-refractivity contribution in [3.8, 4) is 0 Å². The van der Waals surface area contributed by atoms with Gasteiger partial charge in [0.1, 0.15) is 0 Å². The molecule has 1 unspecified atom stereocenters. The molecule has 21 heavy (non-hydrogen) atoms. The molecule has 112 valence electrons. The van der Waals surface area contributed by atoms with Crippen LogP contribution in [0.4, 0.5) is 5.69 Å². The summed E-state index contributed by atoms with van der Waals surface area (Å²) in [5.41, 5.74) is 1.70. The van der Waals surface area contributed by atoms with Gasteiger partial charge in [-0.25, -0.2) is 8.42 Å². The lowest BCUT2D eigenvalue weighted by atomic mass is 10.1. The summed E-state index contributed by atoms with van der Waals surface area (Å²) >= 11 is 12.2. The molecule has 0 amide bonds. The molecule has 0 radical (unpaired) electrons. The van der Waals surface area contributed by atoms with E-state index in [1.54, 1.807) is 30.3 Å². The molecule has 0 aromatic heterocycles. The van der Waals surface area contributed by atoms with Crippen molar-refractivity contribution in [3.63, 3.8) is 0 Å². The van der Waals surface area contributed by atoms with E-state index in [9.17, 15) is 8.42 Å². The maximum absolute atomic E-state index is 11.4. The van der Waals surface area contributed by atoms with E-state index in [1.807, 2.05) is 19.1 Å².